The van der Waals surface area contributed by atoms with Crippen molar-refractivity contribution in [2.45, 2.75) is 32.1 Å². The smallest absolute Gasteiger partial charge is 0.328 e. The molecule has 0 spiro atoms. The molecule has 0 aliphatic rings. The van der Waals surface area contributed by atoms with Crippen LogP contribution >= 0.6 is 0 Å². The molecule has 0 saturated carbocycles. The van der Waals surface area contributed by atoms with Crippen LogP contribution in [0.5, 0.6) is 0 Å². The minimum absolute atomic E-state index is 0.336. The highest BCUT2D eigenvalue weighted by Crippen LogP contribution is 2.13. The molecule has 0 aromatic heterocycles. The number of nitrogens with two attached hydrogens (primary N) is 1. The van der Waals surface area contributed by atoms with Crippen molar-refractivity contribution in [3.63, 3.8) is 0 Å². The van der Waals surface area contributed by atoms with Crippen LogP contribution in [0.25, 0.3) is 0 Å². The lowest BCUT2D eigenvalue weighted by atomic mass is 10.1. The number of nitrogens with one attached hydrogen (secondary N) is 2. The second-order valence-electron chi connectivity index (χ2n) is 5.26. The molecular weight excluding hydrogens is 266 g/mol. The van der Waals surface area contributed by atoms with Crippen LogP contribution in [-0.4, -0.2) is 20.0 Å². The summed E-state index contributed by atoms with van der Waals surface area (Å²) in [6, 6.07) is 5.87. The predicted octanol–water partition coefficient (Wildman–Crippen LogP) is 1.20. The lowest BCUT2D eigenvalue weighted by Crippen LogP contribution is -2.48. The summed E-state index contributed by atoms with van der Waals surface area (Å²) in [7, 11) is -3.77. The topological polar surface area (TPSA) is 101 Å². The number of sulfonamides is 1. The Morgan fingerprint density at radius 2 is 1.84 bits per heavy atom. The highest BCUT2D eigenvalue weighted by Gasteiger charge is 2.20. The molecule has 0 fully saturated rings. The first kappa shape index (κ1) is 15.3. The van der Waals surface area contributed by atoms with Crippen LogP contribution in [0, 0.1) is 0 Å². The number of hydrogen-bond donors (Lipinski definition) is 3. The Bertz CT molecular complexity index is 562. The van der Waals surface area contributed by atoms with Crippen LogP contribution < -0.4 is 15.8 Å². The van der Waals surface area contributed by atoms with Gasteiger partial charge in [-0.15, -0.1) is 0 Å². The van der Waals surface area contributed by atoms with Gasteiger partial charge in [-0.05, 0) is 32.4 Å². The molecule has 1 rings (SSSR count). The summed E-state index contributed by atoms with van der Waals surface area (Å²) in [5.74, 6) is -0.336. The van der Waals surface area contributed by atoms with Gasteiger partial charge in [0.1, 0.15) is 0 Å². The molecule has 1 aromatic carbocycles. The molecule has 0 heterocycles. The van der Waals surface area contributed by atoms with Gasteiger partial charge in [0.05, 0.1) is 5.75 Å². The average molecular weight is 285 g/mol. The Balaban J connectivity index is 2.73. The van der Waals surface area contributed by atoms with Crippen molar-refractivity contribution in [3.05, 3.63) is 29.8 Å². The normalized spacial score (nSPS) is 11.9. The lowest BCUT2D eigenvalue weighted by Gasteiger charge is -2.20. The summed E-state index contributed by atoms with van der Waals surface area (Å²) in [6.07, 6.45) is 0. The summed E-state index contributed by atoms with van der Waals surface area (Å²) in [6.45, 7) is 5.27. The van der Waals surface area contributed by atoms with Gasteiger partial charge in [-0.2, -0.15) is 0 Å². The van der Waals surface area contributed by atoms with E-state index in [1.807, 2.05) is 4.72 Å². The highest BCUT2D eigenvalue weighted by atomic mass is 32.2. The van der Waals surface area contributed by atoms with E-state index >= 15 is 0 Å². The van der Waals surface area contributed by atoms with Crippen molar-refractivity contribution in [1.29, 1.82) is 0 Å². The summed E-state index contributed by atoms with van der Waals surface area (Å²) in [5, 5.41) is 2.52. The largest absolute Gasteiger partial charge is 0.398 e. The van der Waals surface area contributed by atoms with Gasteiger partial charge >= 0.3 is 6.03 Å². The predicted molar refractivity (Wildman–Crippen MR) is 74.9 cm³/mol. The van der Waals surface area contributed by atoms with Gasteiger partial charge < -0.3 is 11.1 Å². The number of carbonyl (C=O) groups is 1. The van der Waals surface area contributed by atoms with Crippen LogP contribution in [0.15, 0.2) is 24.3 Å². The third-order valence-electron chi connectivity index (χ3n) is 2.14. The van der Waals surface area contributed by atoms with E-state index in [4.69, 9.17) is 5.73 Å². The zero-order valence-corrected chi connectivity index (χ0v) is 12.0. The molecule has 2 amide bonds. The zero-order chi connectivity index (χ0) is 14.7. The molecular formula is C12H19N3O3S. The Morgan fingerprint density at radius 3 is 2.37 bits per heavy atom. The third-order valence-corrected chi connectivity index (χ3v) is 3.32. The number of carbonyl (C=O) groups excluding carboxylic acids is 1. The fraction of sp³-hybridized carbons (Fsp3) is 0.417. The van der Waals surface area contributed by atoms with Crippen molar-refractivity contribution in [2.24, 2.45) is 0 Å². The average Bonchev–Trinajstić information content (AvgIpc) is 2.17. The fourth-order valence-electron chi connectivity index (χ4n) is 1.41. The van der Waals surface area contributed by atoms with E-state index in [-0.39, 0.29) is 5.75 Å². The monoisotopic (exact) mass is 285 g/mol. The second-order valence-corrected chi connectivity index (χ2v) is 6.99. The van der Waals surface area contributed by atoms with Crippen LogP contribution in [0.2, 0.25) is 0 Å². The molecule has 0 unspecified atom stereocenters. The Labute approximate surface area is 113 Å². The molecule has 0 bridgehead atoms. The fourth-order valence-corrected chi connectivity index (χ4v) is 2.49. The molecule has 106 valence electrons. The lowest BCUT2D eigenvalue weighted by molar-refractivity contribution is 0.237. The number of amides is 2. The Kier molecular flexibility index (Phi) is 4.41. The van der Waals surface area contributed by atoms with Crippen molar-refractivity contribution >= 4 is 21.7 Å². The zero-order valence-electron chi connectivity index (χ0n) is 11.2. The molecule has 0 atom stereocenters. The molecule has 6 nitrogen and oxygen atoms in total. The molecule has 19 heavy (non-hydrogen) atoms. The van der Waals surface area contributed by atoms with Crippen LogP contribution in [-0.2, 0) is 15.8 Å². The van der Waals surface area contributed by atoms with E-state index in [0.717, 1.165) is 0 Å². The second kappa shape index (κ2) is 5.48. The first-order valence-electron chi connectivity index (χ1n) is 5.75. The Morgan fingerprint density at radius 1 is 1.26 bits per heavy atom. The van der Waals surface area contributed by atoms with Crippen LogP contribution in [0.4, 0.5) is 10.5 Å². The number of anilines is 1. The first-order valence-corrected chi connectivity index (χ1v) is 7.40. The molecule has 7 heteroatoms. The maximum atomic E-state index is 11.8. The van der Waals surface area contributed by atoms with Crippen molar-refractivity contribution < 1.29 is 13.2 Å². The number of rotatable bonds is 3. The van der Waals surface area contributed by atoms with Gasteiger partial charge in [0.25, 0.3) is 0 Å². The van der Waals surface area contributed by atoms with Crippen LogP contribution in [0.1, 0.15) is 26.3 Å². The standard InChI is InChI=1S/C12H19N3O3S/c1-12(2,3)14-11(16)15-19(17,18)8-9-6-4-5-7-10(9)13/h4-7H,8,13H2,1-3H3,(H2,14,15,16). The first-order chi connectivity index (χ1) is 8.59. The SMILES string of the molecule is CC(C)(C)NC(=O)NS(=O)(=O)Cc1ccccc1N. The third kappa shape index (κ3) is 5.60. The van der Waals surface area contributed by atoms with Crippen molar-refractivity contribution in [3.8, 4) is 0 Å². The van der Waals surface area contributed by atoms with E-state index in [1.54, 1.807) is 45.0 Å². The van der Waals surface area contributed by atoms with Crippen LogP contribution in [0.3, 0.4) is 0 Å². The van der Waals surface area contributed by atoms with E-state index in [1.165, 1.54) is 0 Å². The number of urea groups is 1. The highest BCUT2D eigenvalue weighted by molar-refractivity contribution is 7.89. The summed E-state index contributed by atoms with van der Waals surface area (Å²) < 4.78 is 25.6. The number of para-hydroxylation sites is 1. The maximum absolute atomic E-state index is 11.8. The molecule has 0 aliphatic carbocycles. The van der Waals surface area contributed by atoms with Crippen molar-refractivity contribution in [2.75, 3.05) is 5.73 Å². The quantitative estimate of drug-likeness (QED) is 0.726. The maximum Gasteiger partial charge on any atom is 0.328 e. The summed E-state index contributed by atoms with van der Waals surface area (Å²) in [4.78, 5) is 11.5. The van der Waals surface area contributed by atoms with E-state index < -0.39 is 21.6 Å². The molecule has 4 N–H and O–H groups in total. The van der Waals surface area contributed by atoms with Gasteiger partial charge in [-0.1, -0.05) is 18.2 Å². The van der Waals surface area contributed by atoms with Gasteiger partial charge in [-0.25, -0.2) is 17.9 Å². The van der Waals surface area contributed by atoms with Gasteiger partial charge in [0.2, 0.25) is 10.0 Å². The number of benzene rings is 1. The molecule has 0 saturated heterocycles. The summed E-state index contributed by atoms with van der Waals surface area (Å²) in [5.41, 5.74) is 5.99. The molecule has 0 radical (unpaired) electrons. The van der Waals surface area contributed by atoms with E-state index in [9.17, 15) is 13.2 Å². The minimum Gasteiger partial charge on any atom is -0.398 e. The molecule has 1 aromatic rings. The minimum atomic E-state index is -3.77. The number of hydrogen-bond acceptors (Lipinski definition) is 4. The van der Waals surface area contributed by atoms with E-state index in [0.29, 0.717) is 11.3 Å². The van der Waals surface area contributed by atoms with Gasteiger partial charge in [0, 0.05) is 11.2 Å². The molecule has 0 aliphatic heterocycles. The van der Waals surface area contributed by atoms with Gasteiger partial charge in [-0.3, -0.25) is 0 Å². The Hall–Kier alpha value is -1.76. The summed E-state index contributed by atoms with van der Waals surface area (Å²) >= 11 is 0. The number of nitrogen functional groups attached to an aromatic ring is 1. The van der Waals surface area contributed by atoms with E-state index in [2.05, 4.69) is 5.32 Å². The van der Waals surface area contributed by atoms with Gasteiger partial charge in [0.15, 0.2) is 0 Å². The van der Waals surface area contributed by atoms with Crippen molar-refractivity contribution in [1.82, 2.24) is 10.0 Å².